The highest BCUT2D eigenvalue weighted by Gasteiger charge is 2.22. The molecule has 7 nitrogen and oxygen atoms in total. The van der Waals surface area contributed by atoms with E-state index in [1.54, 1.807) is 55.6 Å². The van der Waals surface area contributed by atoms with E-state index < -0.39 is 0 Å². The van der Waals surface area contributed by atoms with Crippen LogP contribution < -0.4 is 20.1 Å². The molecular formula is C22H27N3O4. The monoisotopic (exact) mass is 397 g/mol. The molecule has 154 valence electrons. The number of nitrogens with one attached hydrogen (secondary N) is 2. The molecule has 0 saturated carbocycles. The number of anilines is 1. The lowest BCUT2D eigenvalue weighted by molar-refractivity contribution is -0.118. The van der Waals surface area contributed by atoms with E-state index in [2.05, 4.69) is 10.6 Å². The minimum Gasteiger partial charge on any atom is -0.497 e. The number of ether oxygens (including phenoxy) is 2. The van der Waals surface area contributed by atoms with Crippen molar-refractivity contribution >= 4 is 17.5 Å². The Bertz CT molecular complexity index is 830. The van der Waals surface area contributed by atoms with Crippen LogP contribution >= 0.6 is 0 Å². The van der Waals surface area contributed by atoms with Crippen LogP contribution in [0.25, 0.3) is 0 Å². The van der Waals surface area contributed by atoms with Crippen LogP contribution in [0.15, 0.2) is 48.5 Å². The van der Waals surface area contributed by atoms with Gasteiger partial charge < -0.3 is 25.0 Å². The molecule has 0 aliphatic carbocycles. The van der Waals surface area contributed by atoms with E-state index >= 15 is 0 Å². The molecule has 0 bridgehead atoms. The maximum Gasteiger partial charge on any atom is 0.262 e. The van der Waals surface area contributed by atoms with Crippen LogP contribution in [0.1, 0.15) is 23.2 Å². The Morgan fingerprint density at radius 1 is 1.07 bits per heavy atom. The number of nitrogens with zero attached hydrogens (tertiary/aromatic N) is 1. The molecule has 1 saturated heterocycles. The first-order valence-corrected chi connectivity index (χ1v) is 9.72. The summed E-state index contributed by atoms with van der Waals surface area (Å²) in [6, 6.07) is 14.5. The topological polar surface area (TPSA) is 79.9 Å². The number of amides is 2. The fraction of sp³-hybridized carbons (Fsp3) is 0.364. The van der Waals surface area contributed by atoms with E-state index in [4.69, 9.17) is 9.47 Å². The van der Waals surface area contributed by atoms with Gasteiger partial charge in [0, 0.05) is 36.4 Å². The zero-order valence-corrected chi connectivity index (χ0v) is 16.8. The number of piperidine rings is 1. The number of carbonyl (C=O) groups excluding carboxylic acids is 2. The van der Waals surface area contributed by atoms with Gasteiger partial charge in [0.05, 0.1) is 7.11 Å². The third kappa shape index (κ3) is 5.71. The molecule has 1 heterocycles. The summed E-state index contributed by atoms with van der Waals surface area (Å²) in [6.45, 7) is 1.39. The predicted octanol–water partition coefficient (Wildman–Crippen LogP) is 2.54. The predicted molar refractivity (Wildman–Crippen MR) is 112 cm³/mol. The molecule has 1 aliphatic rings. The molecule has 2 aromatic carbocycles. The quantitative estimate of drug-likeness (QED) is 0.751. The minimum absolute atomic E-state index is 0.0295. The van der Waals surface area contributed by atoms with Crippen molar-refractivity contribution in [2.45, 2.75) is 18.9 Å². The summed E-state index contributed by atoms with van der Waals surface area (Å²) in [6.07, 6.45) is 1.93. The lowest BCUT2D eigenvalue weighted by atomic mass is 10.0. The molecule has 2 amide bonds. The number of rotatable bonds is 7. The highest BCUT2D eigenvalue weighted by Crippen LogP contribution is 2.18. The van der Waals surface area contributed by atoms with Gasteiger partial charge in [0.25, 0.3) is 11.8 Å². The molecule has 0 aromatic heterocycles. The average Bonchev–Trinajstić information content (AvgIpc) is 2.77. The molecule has 3 rings (SSSR count). The maximum atomic E-state index is 12.6. The smallest absolute Gasteiger partial charge is 0.262 e. The molecule has 2 aromatic rings. The highest BCUT2D eigenvalue weighted by atomic mass is 16.5. The minimum atomic E-state index is -0.272. The van der Waals surface area contributed by atoms with Crippen molar-refractivity contribution in [3.8, 4) is 11.5 Å². The Labute approximate surface area is 171 Å². The normalized spacial score (nSPS) is 14.3. The van der Waals surface area contributed by atoms with Gasteiger partial charge in [0.15, 0.2) is 6.61 Å². The first-order chi connectivity index (χ1) is 14.1. The zero-order chi connectivity index (χ0) is 20.6. The average molecular weight is 397 g/mol. The summed E-state index contributed by atoms with van der Waals surface area (Å²) in [4.78, 5) is 26.6. The van der Waals surface area contributed by atoms with Crippen LogP contribution in [0.4, 0.5) is 5.69 Å². The number of methoxy groups -OCH3 is 1. The van der Waals surface area contributed by atoms with Crippen LogP contribution in [0, 0.1) is 0 Å². The van der Waals surface area contributed by atoms with Gasteiger partial charge in [-0.25, -0.2) is 0 Å². The second-order valence-electron chi connectivity index (χ2n) is 6.95. The van der Waals surface area contributed by atoms with E-state index in [1.807, 2.05) is 11.9 Å². The number of likely N-dealkylation sites (tertiary alicyclic amines) is 1. The van der Waals surface area contributed by atoms with E-state index in [9.17, 15) is 9.59 Å². The Kier molecular flexibility index (Phi) is 7.08. The lowest BCUT2D eigenvalue weighted by Gasteiger charge is -2.31. The summed E-state index contributed by atoms with van der Waals surface area (Å²) < 4.78 is 10.7. The second-order valence-corrected chi connectivity index (χ2v) is 6.95. The van der Waals surface area contributed by atoms with Gasteiger partial charge in [-0.3, -0.25) is 9.59 Å². The van der Waals surface area contributed by atoms with Crippen molar-refractivity contribution in [1.82, 2.24) is 10.2 Å². The number of hydrogen-bond donors (Lipinski definition) is 2. The molecule has 2 N–H and O–H groups in total. The number of benzene rings is 2. The van der Waals surface area contributed by atoms with Gasteiger partial charge in [-0.1, -0.05) is 6.07 Å². The van der Waals surface area contributed by atoms with Gasteiger partial charge >= 0.3 is 0 Å². The second kappa shape index (κ2) is 9.93. The summed E-state index contributed by atoms with van der Waals surface area (Å²) in [5.41, 5.74) is 1.27. The van der Waals surface area contributed by atoms with Crippen molar-refractivity contribution in [2.75, 3.05) is 39.2 Å². The molecular weight excluding hydrogens is 370 g/mol. The lowest BCUT2D eigenvalue weighted by Crippen LogP contribution is -2.43. The van der Waals surface area contributed by atoms with Gasteiger partial charge in [-0.15, -0.1) is 0 Å². The van der Waals surface area contributed by atoms with Crippen LogP contribution in [0.3, 0.4) is 0 Å². The van der Waals surface area contributed by atoms with E-state index in [1.165, 1.54) is 0 Å². The van der Waals surface area contributed by atoms with E-state index in [0.29, 0.717) is 28.8 Å². The first-order valence-electron chi connectivity index (χ1n) is 9.72. The zero-order valence-electron chi connectivity index (χ0n) is 16.8. The third-order valence-corrected chi connectivity index (χ3v) is 5.02. The molecule has 7 heteroatoms. The Balaban J connectivity index is 1.48. The van der Waals surface area contributed by atoms with Gasteiger partial charge in [0.1, 0.15) is 11.5 Å². The van der Waals surface area contributed by atoms with Crippen molar-refractivity contribution in [3.63, 3.8) is 0 Å². The number of carbonyl (C=O) groups is 2. The SMILES string of the molecule is CNC1CCN(C(=O)c2ccc(OCC(=O)Nc3cccc(OC)c3)cc2)CC1. The summed E-state index contributed by atoms with van der Waals surface area (Å²) in [5, 5.41) is 6.02. The van der Waals surface area contributed by atoms with Gasteiger partial charge in [-0.2, -0.15) is 0 Å². The van der Waals surface area contributed by atoms with Gasteiger partial charge in [0.2, 0.25) is 0 Å². The molecule has 1 fully saturated rings. The van der Waals surface area contributed by atoms with Crippen molar-refractivity contribution in [3.05, 3.63) is 54.1 Å². The van der Waals surface area contributed by atoms with Crippen LogP contribution in [0.5, 0.6) is 11.5 Å². The fourth-order valence-corrected chi connectivity index (χ4v) is 3.29. The van der Waals surface area contributed by atoms with E-state index in [-0.39, 0.29) is 18.4 Å². The Morgan fingerprint density at radius 3 is 2.45 bits per heavy atom. The van der Waals surface area contributed by atoms with Crippen LogP contribution in [-0.4, -0.2) is 56.6 Å². The molecule has 0 spiro atoms. The third-order valence-electron chi connectivity index (χ3n) is 5.02. The Morgan fingerprint density at radius 2 is 1.79 bits per heavy atom. The molecule has 0 unspecified atom stereocenters. The maximum absolute atomic E-state index is 12.6. The highest BCUT2D eigenvalue weighted by molar-refractivity contribution is 5.94. The van der Waals surface area contributed by atoms with Crippen molar-refractivity contribution < 1.29 is 19.1 Å². The fourth-order valence-electron chi connectivity index (χ4n) is 3.29. The summed E-state index contributed by atoms with van der Waals surface area (Å²) in [7, 11) is 3.53. The van der Waals surface area contributed by atoms with Gasteiger partial charge in [-0.05, 0) is 56.3 Å². The largest absolute Gasteiger partial charge is 0.497 e. The molecule has 1 aliphatic heterocycles. The van der Waals surface area contributed by atoms with Crippen molar-refractivity contribution in [2.24, 2.45) is 0 Å². The van der Waals surface area contributed by atoms with Crippen LogP contribution in [-0.2, 0) is 4.79 Å². The molecule has 0 radical (unpaired) electrons. The Hall–Kier alpha value is -3.06. The molecule has 29 heavy (non-hydrogen) atoms. The standard InChI is InChI=1S/C22H27N3O4/c1-23-17-10-12-25(13-11-17)22(27)16-6-8-19(9-7-16)29-15-21(26)24-18-4-3-5-20(14-18)28-2/h3-9,14,17,23H,10-13,15H2,1-2H3,(H,24,26). The van der Waals surface area contributed by atoms with Crippen molar-refractivity contribution in [1.29, 1.82) is 0 Å². The number of hydrogen-bond acceptors (Lipinski definition) is 5. The van der Waals surface area contributed by atoms with Crippen LogP contribution in [0.2, 0.25) is 0 Å². The summed E-state index contributed by atoms with van der Waals surface area (Å²) >= 11 is 0. The summed E-state index contributed by atoms with van der Waals surface area (Å²) in [5.74, 6) is 0.961. The van der Waals surface area contributed by atoms with E-state index in [0.717, 1.165) is 25.9 Å². The first kappa shape index (κ1) is 20.7. The molecule has 0 atom stereocenters.